The molecule has 0 fully saturated rings. The monoisotopic (exact) mass is 579 g/mol. The molecule has 7 nitrogen and oxygen atoms in total. The van der Waals surface area contributed by atoms with Gasteiger partial charge in [0.1, 0.15) is 11.4 Å². The maximum absolute atomic E-state index is 13.5. The normalized spacial score (nSPS) is 12.2. The maximum Gasteiger partial charge on any atom is 0.307 e. The molecule has 0 aliphatic heterocycles. The van der Waals surface area contributed by atoms with Gasteiger partial charge in [0.15, 0.2) is 0 Å². The molecule has 1 heterocycles. The number of esters is 1. The Kier molecular flexibility index (Phi) is 10.9. The third kappa shape index (κ3) is 8.78. The summed E-state index contributed by atoms with van der Waals surface area (Å²) in [4.78, 5) is 32.5. The van der Waals surface area contributed by atoms with Crippen LogP contribution < -0.4 is 10.1 Å². The molecule has 1 aromatic heterocycles. The summed E-state index contributed by atoms with van der Waals surface area (Å²) in [5.74, 6) is -0.184. The number of nitrogens with one attached hydrogen (secondary N) is 1. The largest absolute Gasteiger partial charge is 0.492 e. The average Bonchev–Trinajstić information content (AvgIpc) is 2.90. The van der Waals surface area contributed by atoms with Crippen molar-refractivity contribution in [2.45, 2.75) is 53.5 Å². The molecule has 1 atom stereocenters. The molecule has 2 aromatic carbocycles. The van der Waals surface area contributed by atoms with Gasteiger partial charge >= 0.3 is 5.97 Å². The van der Waals surface area contributed by atoms with Gasteiger partial charge < -0.3 is 19.7 Å². The highest BCUT2D eigenvalue weighted by Gasteiger charge is 2.30. The van der Waals surface area contributed by atoms with Gasteiger partial charge in [-0.15, -0.1) is 0 Å². The first-order chi connectivity index (χ1) is 19.3. The van der Waals surface area contributed by atoms with Crippen LogP contribution in [0.2, 0.25) is 5.02 Å². The maximum atomic E-state index is 13.5. The molecule has 8 heteroatoms. The molecular weight excluding hydrogens is 538 g/mol. The molecule has 0 saturated carbocycles. The second-order valence-corrected chi connectivity index (χ2v) is 12.1. The number of nitrogens with zero attached hydrogens (tertiary/aromatic N) is 2. The number of rotatable bonds is 11. The number of benzene rings is 2. The van der Waals surface area contributed by atoms with Crippen LogP contribution in [0.25, 0.3) is 22.4 Å². The van der Waals surface area contributed by atoms with Gasteiger partial charge in [0.05, 0.1) is 30.9 Å². The third-order valence-corrected chi connectivity index (χ3v) is 7.27. The smallest absolute Gasteiger partial charge is 0.307 e. The first kappa shape index (κ1) is 32.1. The van der Waals surface area contributed by atoms with Gasteiger partial charge in [-0.3, -0.25) is 9.59 Å². The summed E-state index contributed by atoms with van der Waals surface area (Å²) in [6.45, 7) is 11.5. The van der Waals surface area contributed by atoms with Crippen molar-refractivity contribution < 1.29 is 19.1 Å². The van der Waals surface area contributed by atoms with Crippen molar-refractivity contribution >= 4 is 23.5 Å². The number of aromatic nitrogens is 1. The first-order valence-corrected chi connectivity index (χ1v) is 14.2. The number of ether oxygens (including phenoxy) is 2. The summed E-state index contributed by atoms with van der Waals surface area (Å²) in [5, 5.41) is 3.52. The predicted octanol–water partition coefficient (Wildman–Crippen LogP) is 6.72. The molecule has 0 saturated heterocycles. The molecule has 3 aromatic rings. The zero-order valence-corrected chi connectivity index (χ0v) is 26.2. The lowest BCUT2D eigenvalue weighted by atomic mass is 9.84. The molecule has 3 rings (SSSR count). The molecule has 0 aliphatic rings. The Balaban J connectivity index is 2.06. The summed E-state index contributed by atoms with van der Waals surface area (Å²) in [7, 11) is 5.39. The second kappa shape index (κ2) is 14.0. The molecule has 1 N–H and O–H groups in total. The predicted molar refractivity (Wildman–Crippen MR) is 166 cm³/mol. The number of amides is 1. The molecule has 220 valence electrons. The number of methoxy groups -OCH3 is 1. The van der Waals surface area contributed by atoms with E-state index in [4.69, 9.17) is 26.1 Å². The zero-order valence-electron chi connectivity index (χ0n) is 25.4. The Morgan fingerprint density at radius 3 is 2.37 bits per heavy atom. The van der Waals surface area contributed by atoms with E-state index in [1.54, 1.807) is 12.1 Å². The summed E-state index contributed by atoms with van der Waals surface area (Å²) in [5.41, 5.74) is 5.47. The SMILES string of the molecule is COC(=O)C[C@H](NC(=O)c1ccc(-c2ccc(C)cc2C)c(-c2ccc(Cl)c(OCCCN(C)C)c2)n1)C(C)(C)C. The molecule has 0 radical (unpaired) electrons. The highest BCUT2D eigenvalue weighted by Crippen LogP contribution is 2.37. The van der Waals surface area contributed by atoms with E-state index in [9.17, 15) is 9.59 Å². The Morgan fingerprint density at radius 2 is 1.73 bits per heavy atom. The summed E-state index contributed by atoms with van der Waals surface area (Å²) in [6, 6.07) is 15.0. The molecular formula is C33H42ClN3O4. The minimum absolute atomic E-state index is 0.0605. The zero-order chi connectivity index (χ0) is 30.3. The lowest BCUT2D eigenvalue weighted by Gasteiger charge is -2.30. The van der Waals surface area contributed by atoms with Crippen molar-refractivity contribution in [1.29, 1.82) is 0 Å². The fourth-order valence-corrected chi connectivity index (χ4v) is 4.69. The highest BCUT2D eigenvalue weighted by molar-refractivity contribution is 6.32. The van der Waals surface area contributed by atoms with Gasteiger partial charge in [0, 0.05) is 23.7 Å². The van der Waals surface area contributed by atoms with E-state index >= 15 is 0 Å². The fraction of sp³-hybridized carbons (Fsp3) is 0.424. The van der Waals surface area contributed by atoms with Crippen LogP contribution in [-0.2, 0) is 9.53 Å². The number of hydrogen-bond acceptors (Lipinski definition) is 6. The topological polar surface area (TPSA) is 80.8 Å². The first-order valence-electron chi connectivity index (χ1n) is 13.8. The molecule has 1 amide bonds. The lowest BCUT2D eigenvalue weighted by molar-refractivity contribution is -0.141. The number of carbonyl (C=O) groups excluding carboxylic acids is 2. The van der Waals surface area contributed by atoms with Crippen LogP contribution in [0.3, 0.4) is 0 Å². The van der Waals surface area contributed by atoms with Gasteiger partial charge in [-0.05, 0) is 75.2 Å². The minimum Gasteiger partial charge on any atom is -0.492 e. The van der Waals surface area contributed by atoms with E-state index in [1.165, 1.54) is 7.11 Å². The Bertz CT molecular complexity index is 1380. The Labute approximate surface area is 249 Å². The second-order valence-electron chi connectivity index (χ2n) is 11.7. The number of carbonyl (C=O) groups is 2. The molecule has 0 unspecified atom stereocenters. The summed E-state index contributed by atoms with van der Waals surface area (Å²) < 4.78 is 10.9. The van der Waals surface area contributed by atoms with E-state index in [0.29, 0.717) is 23.1 Å². The summed E-state index contributed by atoms with van der Waals surface area (Å²) in [6.07, 6.45) is 0.917. The van der Waals surface area contributed by atoms with Gasteiger partial charge in [0.25, 0.3) is 5.91 Å². The fourth-order valence-electron chi connectivity index (χ4n) is 4.52. The van der Waals surface area contributed by atoms with Crippen LogP contribution in [0.5, 0.6) is 5.75 Å². The number of halogens is 1. The van der Waals surface area contributed by atoms with E-state index < -0.39 is 6.04 Å². The van der Waals surface area contributed by atoms with Crippen molar-refractivity contribution in [2.75, 3.05) is 34.4 Å². The van der Waals surface area contributed by atoms with E-state index in [-0.39, 0.29) is 29.4 Å². The van der Waals surface area contributed by atoms with Crippen molar-refractivity contribution in [3.05, 3.63) is 70.4 Å². The van der Waals surface area contributed by atoms with Crippen molar-refractivity contribution in [3.63, 3.8) is 0 Å². The molecule has 0 aliphatic carbocycles. The molecule has 0 spiro atoms. The van der Waals surface area contributed by atoms with Crippen LogP contribution in [-0.4, -0.2) is 62.2 Å². The van der Waals surface area contributed by atoms with E-state index in [1.807, 2.05) is 53.1 Å². The van der Waals surface area contributed by atoms with Crippen LogP contribution in [0.15, 0.2) is 48.5 Å². The minimum atomic E-state index is -0.440. The molecule has 41 heavy (non-hydrogen) atoms. The Hall–Kier alpha value is -3.42. The van der Waals surface area contributed by atoms with Crippen LogP contribution in [0.4, 0.5) is 0 Å². The van der Waals surface area contributed by atoms with Gasteiger partial charge in [0.2, 0.25) is 0 Å². The van der Waals surface area contributed by atoms with Crippen molar-refractivity contribution in [2.24, 2.45) is 5.41 Å². The highest BCUT2D eigenvalue weighted by atomic mass is 35.5. The van der Waals surface area contributed by atoms with Gasteiger partial charge in [-0.2, -0.15) is 0 Å². The van der Waals surface area contributed by atoms with Crippen LogP contribution in [0.1, 0.15) is 55.2 Å². The number of pyridine rings is 1. The standard InChI is InChI=1S/C33H42ClN3O4/c1-21-10-12-24(22(2)18-21)25-13-15-27(32(39)36-29(33(3,4)5)20-30(38)40-8)35-31(25)23-11-14-26(34)28(19-23)41-17-9-16-37(6)7/h10-15,18-19,29H,9,16-17,20H2,1-8H3,(H,36,39)/t29-/m0/s1. The summed E-state index contributed by atoms with van der Waals surface area (Å²) >= 11 is 6.50. The number of hydrogen-bond donors (Lipinski definition) is 1. The molecule has 0 bridgehead atoms. The van der Waals surface area contributed by atoms with E-state index in [2.05, 4.69) is 42.3 Å². The quantitative estimate of drug-likeness (QED) is 0.200. The Morgan fingerprint density at radius 1 is 1.02 bits per heavy atom. The average molecular weight is 580 g/mol. The van der Waals surface area contributed by atoms with Crippen molar-refractivity contribution in [1.82, 2.24) is 15.2 Å². The van der Waals surface area contributed by atoms with Crippen molar-refractivity contribution in [3.8, 4) is 28.1 Å². The van der Waals surface area contributed by atoms with E-state index in [0.717, 1.165) is 40.8 Å². The van der Waals surface area contributed by atoms with Crippen LogP contribution >= 0.6 is 11.6 Å². The third-order valence-electron chi connectivity index (χ3n) is 6.96. The van der Waals surface area contributed by atoms with Crippen LogP contribution in [0, 0.1) is 19.3 Å². The van der Waals surface area contributed by atoms with Gasteiger partial charge in [-0.25, -0.2) is 4.98 Å². The lowest BCUT2D eigenvalue weighted by Crippen LogP contribution is -2.45. The number of aryl methyl sites for hydroxylation is 2. The van der Waals surface area contributed by atoms with Gasteiger partial charge in [-0.1, -0.05) is 62.2 Å².